The monoisotopic (exact) mass is 357 g/mol. The Morgan fingerprint density at radius 1 is 0.889 bits per heavy atom. The molecule has 2 aromatic carbocycles. The lowest BCUT2D eigenvalue weighted by molar-refractivity contribution is 0.0924. The molecule has 0 N–H and O–H groups in total. The van der Waals surface area contributed by atoms with Crippen LogP contribution in [0.4, 0.5) is 0 Å². The first-order valence-corrected chi connectivity index (χ1v) is 9.86. The number of pyridine rings is 1. The Bertz CT molecular complexity index is 1310. The summed E-state index contributed by atoms with van der Waals surface area (Å²) in [5.41, 5.74) is 5.41. The summed E-state index contributed by atoms with van der Waals surface area (Å²) in [6.45, 7) is 16.2. The second-order valence-electron chi connectivity index (χ2n) is 9.81. The molecule has 0 amide bonds. The second kappa shape index (κ2) is 4.73. The van der Waals surface area contributed by atoms with Crippen LogP contribution in [0.15, 0.2) is 42.6 Å². The van der Waals surface area contributed by atoms with Crippen LogP contribution in [-0.4, -0.2) is 9.38 Å². The van der Waals surface area contributed by atoms with Crippen molar-refractivity contribution in [2.24, 2.45) is 5.41 Å². The van der Waals surface area contributed by atoms with Gasteiger partial charge in [0, 0.05) is 28.1 Å². The van der Waals surface area contributed by atoms with Crippen LogP contribution in [0.5, 0.6) is 0 Å². The first-order valence-electron chi connectivity index (χ1n) is 10.4. The van der Waals surface area contributed by atoms with Gasteiger partial charge in [0.05, 0.1) is 6.89 Å². The summed E-state index contributed by atoms with van der Waals surface area (Å²) in [6, 6.07) is 13.1. The summed E-state index contributed by atoms with van der Waals surface area (Å²) < 4.78 is 11.2. The van der Waals surface area contributed by atoms with Crippen molar-refractivity contribution in [2.75, 3.05) is 0 Å². The number of hydrogen-bond acceptors (Lipinski definition) is 1. The molecule has 0 fully saturated rings. The Hall–Kier alpha value is -2.35. The molecule has 1 aliphatic rings. The molecule has 3 heterocycles. The minimum absolute atomic E-state index is 0.0801. The van der Waals surface area contributed by atoms with Crippen molar-refractivity contribution in [2.45, 2.75) is 59.3 Å². The number of aromatic nitrogens is 2. The van der Waals surface area contributed by atoms with Crippen molar-refractivity contribution in [1.82, 2.24) is 9.38 Å². The van der Waals surface area contributed by atoms with E-state index in [9.17, 15) is 0 Å². The van der Waals surface area contributed by atoms with Crippen LogP contribution in [-0.2, 0) is 10.8 Å². The third-order valence-corrected chi connectivity index (χ3v) is 8.14. The maximum absolute atomic E-state index is 8.86. The summed E-state index contributed by atoms with van der Waals surface area (Å²) in [7, 11) is 0. The lowest BCUT2D eigenvalue weighted by Gasteiger charge is -2.51. The Kier molecular flexibility index (Phi) is 2.75. The number of aryl methyl sites for hydroxylation is 1. The van der Waals surface area contributed by atoms with Crippen LogP contribution in [0.25, 0.3) is 27.3 Å². The Morgan fingerprint density at radius 2 is 1.56 bits per heavy atom. The minimum Gasteiger partial charge on any atom is -0.295 e. The molecule has 0 saturated heterocycles. The first kappa shape index (κ1) is 15.7. The van der Waals surface area contributed by atoms with Crippen molar-refractivity contribution in [3.05, 3.63) is 59.4 Å². The molecule has 2 aromatic heterocycles. The van der Waals surface area contributed by atoms with E-state index in [1.807, 2.05) is 0 Å². The molecule has 0 bridgehead atoms. The van der Waals surface area contributed by atoms with Gasteiger partial charge in [0.1, 0.15) is 5.65 Å². The number of nitrogens with zero attached hydrogens (tertiary/aromatic N) is 2. The predicted octanol–water partition coefficient (Wildman–Crippen LogP) is 6.54. The topological polar surface area (TPSA) is 17.3 Å². The average molecular weight is 358 g/mol. The number of fused-ring (bicyclic) bond motifs is 3. The van der Waals surface area contributed by atoms with Gasteiger partial charge in [-0.3, -0.25) is 4.40 Å². The van der Waals surface area contributed by atoms with Gasteiger partial charge in [0.25, 0.3) is 0 Å². The van der Waals surface area contributed by atoms with Gasteiger partial charge in [-0.05, 0) is 34.3 Å². The zero-order valence-electron chi connectivity index (χ0n) is 18.4. The highest BCUT2D eigenvalue weighted by Gasteiger charge is 2.53. The highest BCUT2D eigenvalue weighted by Crippen LogP contribution is 2.57. The van der Waals surface area contributed by atoms with E-state index in [0.717, 1.165) is 16.7 Å². The van der Waals surface area contributed by atoms with Crippen molar-refractivity contribution in [1.29, 1.82) is 0 Å². The molecule has 1 aliphatic heterocycles. The van der Waals surface area contributed by atoms with Crippen LogP contribution in [0.2, 0.25) is 0 Å². The van der Waals surface area contributed by atoms with E-state index in [-0.39, 0.29) is 16.2 Å². The van der Waals surface area contributed by atoms with E-state index in [2.05, 4.69) is 89.3 Å². The molecule has 0 atom stereocenters. The fourth-order valence-electron chi connectivity index (χ4n) is 5.21. The molecule has 0 saturated carbocycles. The third kappa shape index (κ3) is 1.70. The van der Waals surface area contributed by atoms with Gasteiger partial charge in [0.15, 0.2) is 0 Å². The molecule has 138 valence electrons. The van der Waals surface area contributed by atoms with Gasteiger partial charge in [-0.15, -0.1) is 0 Å². The summed E-state index contributed by atoms with van der Waals surface area (Å²) >= 11 is 0. The molecular weight excluding hydrogens is 328 g/mol. The highest BCUT2D eigenvalue weighted by atomic mass is 15.0. The van der Waals surface area contributed by atoms with E-state index >= 15 is 0 Å². The molecule has 2 heteroatoms. The highest BCUT2D eigenvalue weighted by molar-refractivity contribution is 6.14. The van der Waals surface area contributed by atoms with E-state index in [4.69, 9.17) is 6.35 Å². The second-order valence-corrected chi connectivity index (χ2v) is 9.81. The van der Waals surface area contributed by atoms with Crippen molar-refractivity contribution in [3.8, 4) is 0 Å². The summed E-state index contributed by atoms with van der Waals surface area (Å²) in [6.07, 6.45) is 0.404. The van der Waals surface area contributed by atoms with Gasteiger partial charge in [0.2, 0.25) is 0 Å². The van der Waals surface area contributed by atoms with Crippen LogP contribution >= 0.6 is 0 Å². The fourth-order valence-corrected chi connectivity index (χ4v) is 5.21. The van der Waals surface area contributed by atoms with E-state index in [0.29, 0.717) is 6.17 Å². The number of imidazole rings is 1. The number of hydrogen-bond donors (Lipinski definition) is 0. The normalized spacial score (nSPS) is 20.3. The Labute approximate surface area is 162 Å². The standard InChI is InChI=1S/C25H28N2/c1-15-12-13-18-21-20(15)16-10-8-9-11-17(16)22-26-14-19(27(21)22)24(4,5)25(6,7)23(18,2)3/h8-14H,1-7H3/i14D. The zero-order chi connectivity index (χ0) is 20.2. The average Bonchev–Trinajstić information content (AvgIpc) is 2.97. The SMILES string of the molecule is [2H]c1nc2c3ccccc3c3c(C)ccc4c3n2c1C(C)(C)C(C)(C)C4(C)C. The smallest absolute Gasteiger partial charge is 0.145 e. The molecule has 5 rings (SSSR count). The molecular formula is C25H28N2. The minimum atomic E-state index is -0.227. The summed E-state index contributed by atoms with van der Waals surface area (Å²) in [4.78, 5) is 4.81. The first-order chi connectivity index (χ1) is 13.0. The lowest BCUT2D eigenvalue weighted by atomic mass is 9.52. The molecule has 27 heavy (non-hydrogen) atoms. The van der Waals surface area contributed by atoms with Gasteiger partial charge in [-0.25, -0.2) is 4.98 Å². The zero-order valence-corrected chi connectivity index (χ0v) is 17.4. The van der Waals surface area contributed by atoms with Crippen LogP contribution < -0.4 is 0 Å². The van der Waals surface area contributed by atoms with Crippen LogP contribution in [0.3, 0.4) is 0 Å². The molecule has 0 aliphatic carbocycles. The summed E-state index contributed by atoms with van der Waals surface area (Å²) in [5, 5.41) is 3.65. The van der Waals surface area contributed by atoms with Crippen molar-refractivity contribution in [3.63, 3.8) is 0 Å². The number of benzene rings is 2. The quantitative estimate of drug-likeness (QED) is 0.326. The van der Waals surface area contributed by atoms with Crippen LogP contribution in [0.1, 0.15) is 59.7 Å². The number of rotatable bonds is 0. The molecule has 0 unspecified atom stereocenters. The molecule has 4 aromatic rings. The van der Waals surface area contributed by atoms with Crippen LogP contribution in [0, 0.1) is 12.3 Å². The van der Waals surface area contributed by atoms with Gasteiger partial charge in [-0.1, -0.05) is 77.9 Å². The van der Waals surface area contributed by atoms with E-state index < -0.39 is 0 Å². The predicted molar refractivity (Wildman–Crippen MR) is 115 cm³/mol. The Balaban J connectivity index is 2.24. The lowest BCUT2D eigenvalue weighted by Crippen LogP contribution is -2.49. The van der Waals surface area contributed by atoms with Crippen molar-refractivity contribution >= 4 is 27.3 Å². The fraction of sp³-hybridized carbons (Fsp3) is 0.400. The summed E-state index contributed by atoms with van der Waals surface area (Å²) in [5.74, 6) is 0. The van der Waals surface area contributed by atoms with E-state index in [1.165, 1.54) is 27.4 Å². The third-order valence-electron chi connectivity index (χ3n) is 8.14. The van der Waals surface area contributed by atoms with Gasteiger partial charge < -0.3 is 0 Å². The Morgan fingerprint density at radius 3 is 2.26 bits per heavy atom. The maximum atomic E-state index is 8.86. The maximum Gasteiger partial charge on any atom is 0.145 e. The molecule has 0 radical (unpaired) electrons. The van der Waals surface area contributed by atoms with E-state index in [1.54, 1.807) is 0 Å². The molecule has 2 nitrogen and oxygen atoms in total. The molecule has 0 spiro atoms. The van der Waals surface area contributed by atoms with Gasteiger partial charge in [-0.2, -0.15) is 0 Å². The van der Waals surface area contributed by atoms with Crippen molar-refractivity contribution < 1.29 is 1.37 Å². The van der Waals surface area contributed by atoms with Gasteiger partial charge >= 0.3 is 0 Å². The largest absolute Gasteiger partial charge is 0.295 e.